The predicted octanol–water partition coefficient (Wildman–Crippen LogP) is 0.311. The number of primary amides is 1. The van der Waals surface area contributed by atoms with Crippen LogP contribution < -0.4 is 21.5 Å². The van der Waals surface area contributed by atoms with E-state index in [1.807, 2.05) is 24.3 Å². The molecule has 0 heterocycles. The van der Waals surface area contributed by atoms with Gasteiger partial charge < -0.3 is 21.5 Å². The number of amides is 1. The second kappa shape index (κ2) is 6.68. The Bertz CT molecular complexity index is 325. The van der Waals surface area contributed by atoms with Gasteiger partial charge in [0.25, 0.3) is 0 Å². The third kappa shape index (κ3) is 4.65. The maximum absolute atomic E-state index is 10.5. The minimum Gasteiger partial charge on any atom is -0.493 e. The molecule has 0 unspecified atom stereocenters. The third-order valence-electron chi connectivity index (χ3n) is 1.94. The SMILES string of the molecule is NCCNc1ccc(OCCC(N)=O)cc1. The molecule has 0 atom stereocenters. The average molecular weight is 223 g/mol. The van der Waals surface area contributed by atoms with Crippen molar-refractivity contribution in [3.63, 3.8) is 0 Å². The quantitative estimate of drug-likeness (QED) is 0.620. The lowest BCUT2D eigenvalue weighted by molar-refractivity contribution is -0.118. The van der Waals surface area contributed by atoms with Crippen LogP contribution in [0.2, 0.25) is 0 Å². The van der Waals surface area contributed by atoms with E-state index in [1.165, 1.54) is 0 Å². The second-order valence-electron chi connectivity index (χ2n) is 3.30. The average Bonchev–Trinajstić information content (AvgIpc) is 2.27. The van der Waals surface area contributed by atoms with Crippen molar-refractivity contribution < 1.29 is 9.53 Å². The van der Waals surface area contributed by atoms with Gasteiger partial charge in [-0.2, -0.15) is 0 Å². The number of carbonyl (C=O) groups is 1. The van der Waals surface area contributed by atoms with Gasteiger partial charge in [-0.3, -0.25) is 4.79 Å². The zero-order chi connectivity index (χ0) is 11.8. The Labute approximate surface area is 94.8 Å². The highest BCUT2D eigenvalue weighted by molar-refractivity contribution is 5.73. The van der Waals surface area contributed by atoms with Gasteiger partial charge in [-0.05, 0) is 24.3 Å². The first kappa shape index (κ1) is 12.3. The molecule has 0 aliphatic carbocycles. The second-order valence-corrected chi connectivity index (χ2v) is 3.30. The fourth-order valence-corrected chi connectivity index (χ4v) is 1.15. The van der Waals surface area contributed by atoms with E-state index in [9.17, 15) is 4.79 Å². The molecule has 1 rings (SSSR count). The molecular weight excluding hydrogens is 206 g/mol. The molecule has 0 aliphatic rings. The Kier molecular flexibility index (Phi) is 5.15. The van der Waals surface area contributed by atoms with Gasteiger partial charge in [0, 0.05) is 18.8 Å². The van der Waals surface area contributed by atoms with E-state index in [1.54, 1.807) is 0 Å². The van der Waals surface area contributed by atoms with Crippen LogP contribution in [0.15, 0.2) is 24.3 Å². The first-order valence-corrected chi connectivity index (χ1v) is 5.17. The van der Waals surface area contributed by atoms with E-state index in [4.69, 9.17) is 16.2 Å². The van der Waals surface area contributed by atoms with Gasteiger partial charge >= 0.3 is 0 Å². The number of rotatable bonds is 7. The summed E-state index contributed by atoms with van der Waals surface area (Å²) >= 11 is 0. The Morgan fingerprint density at radius 3 is 2.56 bits per heavy atom. The van der Waals surface area contributed by atoms with Gasteiger partial charge in [-0.25, -0.2) is 0 Å². The van der Waals surface area contributed by atoms with Crippen molar-refractivity contribution >= 4 is 11.6 Å². The number of ether oxygens (including phenoxy) is 1. The summed E-state index contributed by atoms with van der Waals surface area (Å²) in [5, 5.41) is 3.14. The Morgan fingerprint density at radius 1 is 1.31 bits per heavy atom. The molecule has 0 spiro atoms. The van der Waals surface area contributed by atoms with E-state index >= 15 is 0 Å². The largest absolute Gasteiger partial charge is 0.493 e. The molecule has 1 amide bonds. The Balaban J connectivity index is 2.36. The standard InChI is InChI=1S/C11H17N3O2/c12-6-7-14-9-1-3-10(4-2-9)16-8-5-11(13)15/h1-4,14H,5-8,12H2,(H2,13,15). The fraction of sp³-hybridized carbons (Fsp3) is 0.364. The highest BCUT2D eigenvalue weighted by atomic mass is 16.5. The maximum atomic E-state index is 10.5. The van der Waals surface area contributed by atoms with Gasteiger partial charge in [0.1, 0.15) is 5.75 Å². The van der Waals surface area contributed by atoms with Crippen molar-refractivity contribution in [3.8, 4) is 5.75 Å². The Morgan fingerprint density at radius 2 is 2.00 bits per heavy atom. The van der Waals surface area contributed by atoms with Crippen LogP contribution in [0.3, 0.4) is 0 Å². The van der Waals surface area contributed by atoms with Crippen molar-refractivity contribution in [1.82, 2.24) is 0 Å². The number of carbonyl (C=O) groups excluding carboxylic acids is 1. The lowest BCUT2D eigenvalue weighted by Gasteiger charge is -2.07. The summed E-state index contributed by atoms with van der Waals surface area (Å²) < 4.78 is 5.32. The van der Waals surface area contributed by atoms with Crippen LogP contribution in [0.5, 0.6) is 5.75 Å². The number of nitrogens with two attached hydrogens (primary N) is 2. The smallest absolute Gasteiger partial charge is 0.220 e. The molecule has 88 valence electrons. The first-order chi connectivity index (χ1) is 7.72. The zero-order valence-corrected chi connectivity index (χ0v) is 9.11. The van der Waals surface area contributed by atoms with Crippen LogP contribution in [-0.2, 0) is 4.79 Å². The zero-order valence-electron chi connectivity index (χ0n) is 9.11. The molecule has 5 heteroatoms. The van der Waals surface area contributed by atoms with Gasteiger partial charge in [-0.15, -0.1) is 0 Å². The molecule has 0 aromatic heterocycles. The number of nitrogens with one attached hydrogen (secondary N) is 1. The summed E-state index contributed by atoms with van der Waals surface area (Å²) in [7, 11) is 0. The molecular formula is C11H17N3O2. The van der Waals surface area contributed by atoms with E-state index in [-0.39, 0.29) is 12.3 Å². The van der Waals surface area contributed by atoms with E-state index in [0.29, 0.717) is 13.2 Å². The number of benzene rings is 1. The van der Waals surface area contributed by atoms with Crippen LogP contribution in [-0.4, -0.2) is 25.6 Å². The normalized spacial score (nSPS) is 9.81. The van der Waals surface area contributed by atoms with Crippen LogP contribution in [0.4, 0.5) is 5.69 Å². The summed E-state index contributed by atoms with van der Waals surface area (Å²) in [6.07, 6.45) is 0.229. The van der Waals surface area contributed by atoms with Gasteiger partial charge in [0.15, 0.2) is 0 Å². The van der Waals surface area contributed by atoms with Crippen molar-refractivity contribution in [2.75, 3.05) is 25.0 Å². The molecule has 0 bridgehead atoms. The highest BCUT2D eigenvalue weighted by Gasteiger charge is 1.97. The van der Waals surface area contributed by atoms with Crippen molar-refractivity contribution in [2.24, 2.45) is 11.5 Å². The van der Waals surface area contributed by atoms with Crippen molar-refractivity contribution in [1.29, 1.82) is 0 Å². The minimum absolute atomic E-state index is 0.229. The first-order valence-electron chi connectivity index (χ1n) is 5.17. The molecule has 0 saturated heterocycles. The molecule has 0 saturated carbocycles. The van der Waals surface area contributed by atoms with Crippen LogP contribution in [0.25, 0.3) is 0 Å². The van der Waals surface area contributed by atoms with E-state index < -0.39 is 0 Å². The molecule has 1 aromatic carbocycles. The Hall–Kier alpha value is -1.75. The predicted molar refractivity (Wildman–Crippen MR) is 63.3 cm³/mol. The molecule has 1 aromatic rings. The van der Waals surface area contributed by atoms with Gasteiger partial charge in [-0.1, -0.05) is 0 Å². The van der Waals surface area contributed by atoms with E-state index in [2.05, 4.69) is 5.32 Å². The molecule has 0 radical (unpaired) electrons. The topological polar surface area (TPSA) is 90.4 Å². The van der Waals surface area contributed by atoms with Crippen LogP contribution in [0.1, 0.15) is 6.42 Å². The fourth-order valence-electron chi connectivity index (χ4n) is 1.15. The summed E-state index contributed by atoms with van der Waals surface area (Å²) in [5.74, 6) is 0.362. The minimum atomic E-state index is -0.360. The van der Waals surface area contributed by atoms with Gasteiger partial charge in [0.05, 0.1) is 13.0 Å². The monoisotopic (exact) mass is 223 g/mol. The molecule has 0 fully saturated rings. The lowest BCUT2D eigenvalue weighted by Crippen LogP contribution is -2.14. The maximum Gasteiger partial charge on any atom is 0.220 e. The van der Waals surface area contributed by atoms with Crippen LogP contribution >= 0.6 is 0 Å². The summed E-state index contributed by atoms with van der Waals surface area (Å²) in [5.41, 5.74) is 11.4. The molecule has 16 heavy (non-hydrogen) atoms. The number of hydrogen-bond donors (Lipinski definition) is 3. The van der Waals surface area contributed by atoms with E-state index in [0.717, 1.165) is 18.0 Å². The summed E-state index contributed by atoms with van der Waals surface area (Å²) in [6.45, 7) is 1.64. The van der Waals surface area contributed by atoms with Crippen molar-refractivity contribution in [2.45, 2.75) is 6.42 Å². The number of anilines is 1. The van der Waals surface area contributed by atoms with Crippen molar-refractivity contribution in [3.05, 3.63) is 24.3 Å². The molecule has 5 N–H and O–H groups in total. The summed E-state index contributed by atoms with van der Waals surface area (Å²) in [6, 6.07) is 7.46. The number of hydrogen-bond acceptors (Lipinski definition) is 4. The highest BCUT2D eigenvalue weighted by Crippen LogP contribution is 2.15. The molecule has 0 aliphatic heterocycles. The van der Waals surface area contributed by atoms with Gasteiger partial charge in [0.2, 0.25) is 5.91 Å². The summed E-state index contributed by atoms with van der Waals surface area (Å²) in [4.78, 5) is 10.5. The lowest BCUT2D eigenvalue weighted by atomic mass is 10.3. The molecule has 5 nitrogen and oxygen atoms in total. The van der Waals surface area contributed by atoms with Crippen LogP contribution in [0, 0.1) is 0 Å². The third-order valence-corrected chi connectivity index (χ3v) is 1.94.